The lowest BCUT2D eigenvalue weighted by molar-refractivity contribution is 0.123. The van der Waals surface area contributed by atoms with Crippen LogP contribution in [0, 0.1) is 5.82 Å². The van der Waals surface area contributed by atoms with Gasteiger partial charge >= 0.3 is 0 Å². The lowest BCUT2D eigenvalue weighted by atomic mass is 10.1. The summed E-state index contributed by atoms with van der Waals surface area (Å²) in [7, 11) is 0. The molecule has 0 N–H and O–H groups in total. The standard InChI is InChI=1S/C17H18BrFO2/c1-2-21-16-7-3-13(4-8-16)12-20-10-9-14-5-6-15(19)11-17(14)18/h3-8,11H,2,9-10,12H2,1H3. The van der Waals surface area contributed by atoms with Gasteiger partial charge in [0, 0.05) is 4.47 Å². The van der Waals surface area contributed by atoms with Crippen molar-refractivity contribution in [3.63, 3.8) is 0 Å². The minimum absolute atomic E-state index is 0.235. The molecule has 2 aromatic rings. The fourth-order valence-electron chi connectivity index (χ4n) is 1.95. The van der Waals surface area contributed by atoms with E-state index in [1.54, 1.807) is 6.07 Å². The summed E-state index contributed by atoms with van der Waals surface area (Å²) in [5.41, 5.74) is 2.15. The third-order valence-corrected chi connectivity index (χ3v) is 3.77. The summed E-state index contributed by atoms with van der Waals surface area (Å²) in [4.78, 5) is 0. The minimum Gasteiger partial charge on any atom is -0.494 e. The highest BCUT2D eigenvalue weighted by Gasteiger charge is 2.02. The van der Waals surface area contributed by atoms with E-state index < -0.39 is 0 Å². The van der Waals surface area contributed by atoms with Crippen LogP contribution in [0.2, 0.25) is 0 Å². The van der Waals surface area contributed by atoms with Crippen LogP contribution in [0.4, 0.5) is 4.39 Å². The van der Waals surface area contributed by atoms with Crippen molar-refractivity contribution < 1.29 is 13.9 Å². The fraction of sp³-hybridized carbons (Fsp3) is 0.294. The van der Waals surface area contributed by atoms with Gasteiger partial charge in [-0.25, -0.2) is 4.39 Å². The lowest BCUT2D eigenvalue weighted by Crippen LogP contribution is -2.00. The Bertz CT molecular complexity index is 570. The molecule has 0 aliphatic heterocycles. The molecule has 0 radical (unpaired) electrons. The Morgan fingerprint density at radius 1 is 1.10 bits per heavy atom. The molecule has 2 nitrogen and oxygen atoms in total. The maximum Gasteiger partial charge on any atom is 0.124 e. The summed E-state index contributed by atoms with van der Waals surface area (Å²) >= 11 is 3.36. The van der Waals surface area contributed by atoms with Gasteiger partial charge < -0.3 is 9.47 Å². The second-order valence-corrected chi connectivity index (χ2v) is 5.47. The molecule has 0 amide bonds. The molecule has 0 heterocycles. The van der Waals surface area contributed by atoms with Crippen LogP contribution >= 0.6 is 15.9 Å². The first kappa shape index (κ1) is 16.0. The average Bonchev–Trinajstić information content (AvgIpc) is 2.47. The molecule has 2 aromatic carbocycles. The van der Waals surface area contributed by atoms with Crippen molar-refractivity contribution in [2.24, 2.45) is 0 Å². The molecule has 0 aliphatic carbocycles. The van der Waals surface area contributed by atoms with E-state index in [9.17, 15) is 4.39 Å². The van der Waals surface area contributed by atoms with E-state index >= 15 is 0 Å². The first-order valence-electron chi connectivity index (χ1n) is 6.92. The molecule has 112 valence electrons. The van der Waals surface area contributed by atoms with Crippen LogP contribution in [0.25, 0.3) is 0 Å². The Morgan fingerprint density at radius 3 is 2.52 bits per heavy atom. The Balaban J connectivity index is 1.76. The van der Waals surface area contributed by atoms with Gasteiger partial charge in [0.2, 0.25) is 0 Å². The lowest BCUT2D eigenvalue weighted by Gasteiger charge is -2.07. The molecule has 0 unspecified atom stereocenters. The Labute approximate surface area is 133 Å². The van der Waals surface area contributed by atoms with Gasteiger partial charge in [-0.1, -0.05) is 34.1 Å². The van der Waals surface area contributed by atoms with Crippen molar-refractivity contribution in [2.75, 3.05) is 13.2 Å². The molecule has 0 aromatic heterocycles. The van der Waals surface area contributed by atoms with E-state index in [4.69, 9.17) is 9.47 Å². The molecule has 0 bridgehead atoms. The van der Waals surface area contributed by atoms with E-state index in [-0.39, 0.29) is 5.82 Å². The molecule has 0 atom stereocenters. The van der Waals surface area contributed by atoms with E-state index in [0.29, 0.717) is 19.8 Å². The normalized spacial score (nSPS) is 10.6. The molecule has 0 spiro atoms. The van der Waals surface area contributed by atoms with Crippen LogP contribution in [0.3, 0.4) is 0 Å². The maximum absolute atomic E-state index is 13.0. The van der Waals surface area contributed by atoms with Crippen LogP contribution in [0.1, 0.15) is 18.1 Å². The van der Waals surface area contributed by atoms with E-state index in [2.05, 4.69) is 15.9 Å². The first-order valence-corrected chi connectivity index (χ1v) is 7.71. The van der Waals surface area contributed by atoms with E-state index in [1.165, 1.54) is 12.1 Å². The summed E-state index contributed by atoms with van der Waals surface area (Å²) in [5.74, 6) is 0.637. The molecular formula is C17H18BrFO2. The summed E-state index contributed by atoms with van der Waals surface area (Å²) in [6.45, 7) is 3.79. The molecule has 21 heavy (non-hydrogen) atoms. The number of benzene rings is 2. The van der Waals surface area contributed by atoms with Crippen LogP contribution in [-0.4, -0.2) is 13.2 Å². The summed E-state index contributed by atoms with van der Waals surface area (Å²) in [6.07, 6.45) is 0.748. The van der Waals surface area contributed by atoms with Gasteiger partial charge in [-0.05, 0) is 48.7 Å². The van der Waals surface area contributed by atoms with Crippen molar-refractivity contribution in [3.05, 3.63) is 63.9 Å². The summed E-state index contributed by atoms with van der Waals surface area (Å²) in [5, 5.41) is 0. The number of halogens is 2. The van der Waals surface area contributed by atoms with Crippen LogP contribution in [0.15, 0.2) is 46.9 Å². The van der Waals surface area contributed by atoms with Gasteiger partial charge in [0.15, 0.2) is 0 Å². The highest BCUT2D eigenvalue weighted by Crippen LogP contribution is 2.19. The van der Waals surface area contributed by atoms with Crippen LogP contribution < -0.4 is 4.74 Å². The van der Waals surface area contributed by atoms with Crippen LogP contribution in [-0.2, 0) is 17.8 Å². The number of hydrogen-bond donors (Lipinski definition) is 0. The van der Waals surface area contributed by atoms with Crippen molar-refractivity contribution in [2.45, 2.75) is 20.0 Å². The Kier molecular flexibility index (Phi) is 6.21. The first-order chi connectivity index (χ1) is 10.2. The van der Waals surface area contributed by atoms with Gasteiger partial charge in [-0.2, -0.15) is 0 Å². The molecule has 4 heteroatoms. The zero-order valence-corrected chi connectivity index (χ0v) is 13.5. The van der Waals surface area contributed by atoms with Gasteiger partial charge in [0.05, 0.1) is 19.8 Å². The van der Waals surface area contributed by atoms with Crippen molar-refractivity contribution in [1.29, 1.82) is 0 Å². The van der Waals surface area contributed by atoms with Gasteiger partial charge in [0.25, 0.3) is 0 Å². The SMILES string of the molecule is CCOc1ccc(COCCc2ccc(F)cc2Br)cc1. The number of rotatable bonds is 7. The Hall–Kier alpha value is -1.39. The molecule has 0 fully saturated rings. The van der Waals surface area contributed by atoms with Crippen molar-refractivity contribution in [3.8, 4) is 5.75 Å². The minimum atomic E-state index is -0.235. The van der Waals surface area contributed by atoms with Gasteiger partial charge in [-0.15, -0.1) is 0 Å². The molecule has 0 saturated carbocycles. The average molecular weight is 353 g/mol. The fourth-order valence-corrected chi connectivity index (χ4v) is 2.49. The maximum atomic E-state index is 13.0. The molecular weight excluding hydrogens is 335 g/mol. The highest BCUT2D eigenvalue weighted by molar-refractivity contribution is 9.10. The smallest absolute Gasteiger partial charge is 0.124 e. The predicted molar refractivity (Wildman–Crippen MR) is 85.1 cm³/mol. The predicted octanol–water partition coefficient (Wildman–Crippen LogP) is 4.75. The topological polar surface area (TPSA) is 18.5 Å². The number of hydrogen-bond acceptors (Lipinski definition) is 2. The third kappa shape index (κ3) is 5.14. The largest absolute Gasteiger partial charge is 0.494 e. The van der Waals surface area contributed by atoms with E-state index in [1.807, 2.05) is 31.2 Å². The third-order valence-electron chi connectivity index (χ3n) is 3.03. The zero-order valence-electron chi connectivity index (χ0n) is 11.9. The number of ether oxygens (including phenoxy) is 2. The van der Waals surface area contributed by atoms with Crippen molar-refractivity contribution in [1.82, 2.24) is 0 Å². The molecule has 0 aliphatic rings. The van der Waals surface area contributed by atoms with E-state index in [0.717, 1.165) is 27.8 Å². The quantitative estimate of drug-likeness (QED) is 0.669. The van der Waals surface area contributed by atoms with Gasteiger partial charge in [0.1, 0.15) is 11.6 Å². The van der Waals surface area contributed by atoms with Crippen molar-refractivity contribution >= 4 is 15.9 Å². The zero-order chi connectivity index (χ0) is 15.1. The second kappa shape index (κ2) is 8.15. The summed E-state index contributed by atoms with van der Waals surface area (Å²) < 4.78 is 24.8. The highest BCUT2D eigenvalue weighted by atomic mass is 79.9. The monoisotopic (exact) mass is 352 g/mol. The Morgan fingerprint density at radius 2 is 1.86 bits per heavy atom. The molecule has 2 rings (SSSR count). The van der Waals surface area contributed by atoms with Crippen LogP contribution in [0.5, 0.6) is 5.75 Å². The second-order valence-electron chi connectivity index (χ2n) is 4.62. The molecule has 0 saturated heterocycles. The summed E-state index contributed by atoms with van der Waals surface area (Å²) in [6, 6.07) is 12.6. The van der Waals surface area contributed by atoms with Gasteiger partial charge in [-0.3, -0.25) is 0 Å².